The maximum Gasteiger partial charge on any atom is 0.338 e. The molecule has 1 aliphatic heterocycles. The molecule has 1 atom stereocenters. The Labute approximate surface area is 204 Å². The van der Waals surface area contributed by atoms with Crippen molar-refractivity contribution < 1.29 is 23.7 Å². The van der Waals surface area contributed by atoms with E-state index >= 15 is 0 Å². The smallest absolute Gasteiger partial charge is 0.338 e. The van der Waals surface area contributed by atoms with Crippen molar-refractivity contribution in [2.45, 2.75) is 13.0 Å². The third kappa shape index (κ3) is 4.56. The van der Waals surface area contributed by atoms with Gasteiger partial charge in [0.05, 0.1) is 36.6 Å². The lowest BCUT2D eigenvalue weighted by atomic mass is 10.0. The van der Waals surface area contributed by atoms with Crippen LogP contribution >= 0.6 is 22.7 Å². The normalized spacial score (nSPS) is 15.6. The van der Waals surface area contributed by atoms with Crippen molar-refractivity contribution in [3.05, 3.63) is 77.1 Å². The summed E-state index contributed by atoms with van der Waals surface area (Å²) in [5.41, 5.74) is 1.43. The number of benzene rings is 1. The number of aromatic nitrogens is 1. The zero-order chi connectivity index (χ0) is 24.2. The van der Waals surface area contributed by atoms with Crippen LogP contribution in [0.4, 0.5) is 0 Å². The van der Waals surface area contributed by atoms with Gasteiger partial charge >= 0.3 is 5.97 Å². The maximum absolute atomic E-state index is 13.6. The molecule has 0 fully saturated rings. The fraction of sp³-hybridized carbons (Fsp3) is 0.292. The Morgan fingerprint density at radius 3 is 2.62 bits per heavy atom. The highest BCUT2D eigenvalue weighted by atomic mass is 32.1. The zero-order valence-electron chi connectivity index (χ0n) is 19.2. The molecule has 1 aliphatic rings. The largest absolute Gasteiger partial charge is 0.493 e. The van der Waals surface area contributed by atoms with Crippen LogP contribution in [0.5, 0.6) is 11.5 Å². The number of carbonyl (C=O) groups is 1. The fourth-order valence-corrected chi connectivity index (χ4v) is 5.56. The van der Waals surface area contributed by atoms with Gasteiger partial charge in [-0.3, -0.25) is 9.36 Å². The number of allylic oxidation sites excluding steroid dienone is 1. The number of esters is 1. The fourth-order valence-electron chi connectivity index (χ4n) is 3.69. The summed E-state index contributed by atoms with van der Waals surface area (Å²) in [5, 5.41) is 1.91. The van der Waals surface area contributed by atoms with E-state index in [1.807, 2.05) is 23.6 Å². The lowest BCUT2D eigenvalue weighted by Gasteiger charge is -2.23. The molecule has 0 saturated carbocycles. The van der Waals surface area contributed by atoms with Gasteiger partial charge in [0.2, 0.25) is 0 Å². The predicted molar refractivity (Wildman–Crippen MR) is 130 cm³/mol. The molecule has 1 unspecified atom stereocenters. The van der Waals surface area contributed by atoms with Gasteiger partial charge in [0.15, 0.2) is 16.3 Å². The molecule has 3 aromatic rings. The van der Waals surface area contributed by atoms with E-state index < -0.39 is 12.0 Å². The van der Waals surface area contributed by atoms with E-state index in [1.54, 1.807) is 43.9 Å². The minimum atomic E-state index is -0.612. The second-order valence-corrected chi connectivity index (χ2v) is 9.33. The van der Waals surface area contributed by atoms with E-state index in [2.05, 4.69) is 4.99 Å². The van der Waals surface area contributed by atoms with Gasteiger partial charge in [-0.1, -0.05) is 23.5 Å². The SMILES string of the molecule is COCCOC(=O)C1=C(C)N=c2sc(=Cc3ccc(OC)c(OC)c3)c(=O)n2C1c1cccs1. The second kappa shape index (κ2) is 10.4. The molecule has 1 aromatic carbocycles. The van der Waals surface area contributed by atoms with Crippen molar-refractivity contribution in [3.8, 4) is 11.5 Å². The van der Waals surface area contributed by atoms with Gasteiger partial charge in [-0.25, -0.2) is 9.79 Å². The summed E-state index contributed by atoms with van der Waals surface area (Å²) in [7, 11) is 4.67. The number of hydrogen-bond donors (Lipinski definition) is 0. The Morgan fingerprint density at radius 2 is 1.94 bits per heavy atom. The van der Waals surface area contributed by atoms with Crippen molar-refractivity contribution in [1.82, 2.24) is 4.57 Å². The number of thiophene rings is 1. The van der Waals surface area contributed by atoms with E-state index in [1.165, 1.54) is 29.8 Å². The quantitative estimate of drug-likeness (QED) is 0.349. The van der Waals surface area contributed by atoms with Crippen molar-refractivity contribution in [2.24, 2.45) is 4.99 Å². The molecule has 4 rings (SSSR count). The molecular weight excluding hydrogens is 476 g/mol. The summed E-state index contributed by atoms with van der Waals surface area (Å²) in [4.78, 5) is 32.5. The van der Waals surface area contributed by atoms with Gasteiger partial charge in [0, 0.05) is 12.0 Å². The van der Waals surface area contributed by atoms with Crippen LogP contribution in [-0.2, 0) is 14.3 Å². The summed E-state index contributed by atoms with van der Waals surface area (Å²) in [6, 6.07) is 8.62. The summed E-state index contributed by atoms with van der Waals surface area (Å²) in [6.07, 6.45) is 1.78. The standard InChI is InChI=1S/C24H24N2O6S2/c1-14-20(23(28)32-10-9-29-2)21(18-6-5-11-33-18)26-22(27)19(34-24(26)25-14)13-15-7-8-16(30-3)17(12-15)31-4/h5-8,11-13,21H,9-10H2,1-4H3. The number of carbonyl (C=O) groups excluding carboxylic acids is 1. The number of methoxy groups -OCH3 is 3. The number of ether oxygens (including phenoxy) is 4. The third-order valence-electron chi connectivity index (χ3n) is 5.28. The molecule has 0 spiro atoms. The van der Waals surface area contributed by atoms with Gasteiger partial charge in [-0.05, 0) is 42.1 Å². The molecule has 178 valence electrons. The van der Waals surface area contributed by atoms with E-state index in [-0.39, 0.29) is 18.8 Å². The third-order valence-corrected chi connectivity index (χ3v) is 7.19. The highest BCUT2D eigenvalue weighted by Gasteiger charge is 2.34. The van der Waals surface area contributed by atoms with E-state index in [4.69, 9.17) is 18.9 Å². The zero-order valence-corrected chi connectivity index (χ0v) is 20.8. The molecule has 2 aromatic heterocycles. The van der Waals surface area contributed by atoms with Crippen LogP contribution in [0.25, 0.3) is 6.08 Å². The number of nitrogens with zero attached hydrogens (tertiary/aromatic N) is 2. The molecule has 10 heteroatoms. The first-order valence-electron chi connectivity index (χ1n) is 10.4. The Bertz CT molecular complexity index is 1400. The van der Waals surface area contributed by atoms with Crippen LogP contribution in [0.15, 0.2) is 56.8 Å². The first-order chi connectivity index (χ1) is 16.5. The molecule has 0 aliphatic carbocycles. The Morgan fingerprint density at radius 1 is 1.15 bits per heavy atom. The van der Waals surface area contributed by atoms with Crippen molar-refractivity contribution in [2.75, 3.05) is 34.5 Å². The number of rotatable bonds is 8. The van der Waals surface area contributed by atoms with Crippen LogP contribution in [0.3, 0.4) is 0 Å². The molecule has 34 heavy (non-hydrogen) atoms. The van der Waals surface area contributed by atoms with Gasteiger partial charge in [-0.2, -0.15) is 0 Å². The molecule has 3 heterocycles. The molecule has 0 saturated heterocycles. The van der Waals surface area contributed by atoms with Crippen LogP contribution in [0.2, 0.25) is 0 Å². The first-order valence-corrected chi connectivity index (χ1v) is 12.1. The monoisotopic (exact) mass is 500 g/mol. The molecular formula is C24H24N2O6S2. The van der Waals surface area contributed by atoms with Crippen LogP contribution < -0.4 is 24.4 Å². The van der Waals surface area contributed by atoms with Gasteiger partial charge in [0.1, 0.15) is 12.6 Å². The van der Waals surface area contributed by atoms with Gasteiger partial charge in [0.25, 0.3) is 5.56 Å². The second-order valence-electron chi connectivity index (χ2n) is 7.34. The Balaban J connectivity index is 1.83. The summed E-state index contributed by atoms with van der Waals surface area (Å²) >= 11 is 2.75. The van der Waals surface area contributed by atoms with Gasteiger partial charge in [-0.15, -0.1) is 11.3 Å². The minimum absolute atomic E-state index is 0.118. The number of hydrogen-bond acceptors (Lipinski definition) is 9. The number of fused-ring (bicyclic) bond motifs is 1. The van der Waals surface area contributed by atoms with Crippen molar-refractivity contribution in [3.63, 3.8) is 0 Å². The van der Waals surface area contributed by atoms with Crippen molar-refractivity contribution >= 4 is 34.7 Å². The molecule has 0 N–H and O–H groups in total. The Hall–Kier alpha value is -3.21. The molecule has 0 radical (unpaired) electrons. The Kier molecular flexibility index (Phi) is 7.30. The maximum atomic E-state index is 13.6. The summed E-state index contributed by atoms with van der Waals surface area (Å²) < 4.78 is 23.1. The average molecular weight is 501 g/mol. The van der Waals surface area contributed by atoms with Crippen molar-refractivity contribution in [1.29, 1.82) is 0 Å². The predicted octanol–water partition coefficient (Wildman–Crippen LogP) is 2.50. The molecule has 0 amide bonds. The molecule has 8 nitrogen and oxygen atoms in total. The highest BCUT2D eigenvalue weighted by molar-refractivity contribution is 7.10. The number of thiazole rings is 1. The highest BCUT2D eigenvalue weighted by Crippen LogP contribution is 2.33. The topological polar surface area (TPSA) is 88.4 Å². The first kappa shape index (κ1) is 23.9. The average Bonchev–Trinajstić information content (AvgIpc) is 3.47. The lowest BCUT2D eigenvalue weighted by molar-refractivity contribution is -0.140. The van der Waals surface area contributed by atoms with Crippen LogP contribution in [0.1, 0.15) is 23.4 Å². The van der Waals surface area contributed by atoms with E-state index in [0.717, 1.165) is 10.4 Å². The van der Waals surface area contributed by atoms with Crippen LogP contribution in [0, 0.1) is 0 Å². The van der Waals surface area contributed by atoms with Crippen LogP contribution in [-0.4, -0.2) is 45.1 Å². The van der Waals surface area contributed by atoms with E-state index in [9.17, 15) is 9.59 Å². The minimum Gasteiger partial charge on any atom is -0.493 e. The summed E-state index contributed by atoms with van der Waals surface area (Å²) in [5.74, 6) is 0.661. The summed E-state index contributed by atoms with van der Waals surface area (Å²) in [6.45, 7) is 2.17. The molecule has 0 bridgehead atoms. The van der Waals surface area contributed by atoms with Gasteiger partial charge < -0.3 is 18.9 Å². The van der Waals surface area contributed by atoms with E-state index in [0.29, 0.717) is 32.1 Å². The lowest BCUT2D eigenvalue weighted by Crippen LogP contribution is -2.39.